The standard InChI is InChI=1S/C18H22ClN5O2/c1-20-13-4-2-12(3-5-13)18(25)22-15-11-17(14(19)10-16(15)23-26)24-8-6-21-7-9-24/h2-5,10-11,20-21,23,26H,6-9H2,1H3,(H,22,25)/p+1. The smallest absolute Gasteiger partial charge is 0.255 e. The average Bonchev–Trinajstić information content (AvgIpc) is 2.69. The molecule has 1 fully saturated rings. The highest BCUT2D eigenvalue weighted by Crippen LogP contribution is 2.33. The topological polar surface area (TPSA) is 93.2 Å². The first kappa shape index (κ1) is 18.5. The second-order valence-corrected chi connectivity index (χ2v) is 6.45. The van der Waals surface area contributed by atoms with Gasteiger partial charge in [0.2, 0.25) is 0 Å². The molecule has 2 aromatic carbocycles. The van der Waals surface area contributed by atoms with Gasteiger partial charge < -0.3 is 20.9 Å². The fourth-order valence-electron chi connectivity index (χ4n) is 2.92. The van der Waals surface area contributed by atoms with E-state index in [1.54, 1.807) is 18.2 Å². The predicted octanol–water partition coefficient (Wildman–Crippen LogP) is 1.63. The monoisotopic (exact) mass is 376 g/mol. The second-order valence-electron chi connectivity index (χ2n) is 6.04. The number of nitrogens with zero attached hydrogens (tertiary/aromatic N) is 1. The van der Waals surface area contributed by atoms with Crippen LogP contribution < -0.4 is 26.3 Å². The third-order valence-electron chi connectivity index (χ3n) is 4.40. The minimum Gasteiger partial charge on any atom is -0.388 e. The number of piperazine rings is 1. The maximum absolute atomic E-state index is 12.6. The fourth-order valence-corrected chi connectivity index (χ4v) is 3.21. The van der Waals surface area contributed by atoms with Crippen LogP contribution in [0.2, 0.25) is 5.02 Å². The Morgan fingerprint density at radius 3 is 2.54 bits per heavy atom. The van der Waals surface area contributed by atoms with Crippen molar-refractivity contribution >= 4 is 40.3 Å². The first-order valence-electron chi connectivity index (χ1n) is 8.48. The second kappa shape index (κ2) is 8.37. The minimum absolute atomic E-state index is 0.246. The molecule has 26 heavy (non-hydrogen) atoms. The molecule has 0 saturated carbocycles. The molecular formula is C18H23ClN5O2+. The largest absolute Gasteiger partial charge is 0.388 e. The molecule has 1 amide bonds. The first-order valence-corrected chi connectivity index (χ1v) is 8.86. The van der Waals surface area contributed by atoms with E-state index in [0.717, 1.165) is 43.0 Å². The highest BCUT2D eigenvalue weighted by Gasteiger charge is 2.19. The number of hydrogen-bond donors (Lipinski definition) is 5. The van der Waals surface area contributed by atoms with E-state index >= 15 is 0 Å². The van der Waals surface area contributed by atoms with Gasteiger partial charge in [-0.15, -0.1) is 0 Å². The summed E-state index contributed by atoms with van der Waals surface area (Å²) in [6.07, 6.45) is 0. The Labute approximate surface area is 157 Å². The highest BCUT2D eigenvalue weighted by molar-refractivity contribution is 6.33. The van der Waals surface area contributed by atoms with E-state index in [0.29, 0.717) is 22.0 Å². The van der Waals surface area contributed by atoms with E-state index in [1.807, 2.05) is 25.2 Å². The van der Waals surface area contributed by atoms with Crippen molar-refractivity contribution in [1.82, 2.24) is 5.32 Å². The van der Waals surface area contributed by atoms with Gasteiger partial charge in [0, 0.05) is 50.5 Å². The van der Waals surface area contributed by atoms with Gasteiger partial charge in [-0.3, -0.25) is 4.79 Å². The van der Waals surface area contributed by atoms with Crippen molar-refractivity contribution in [3.63, 3.8) is 0 Å². The van der Waals surface area contributed by atoms with Crippen molar-refractivity contribution in [2.24, 2.45) is 0 Å². The fraction of sp³-hybridized carbons (Fsp3) is 0.278. The van der Waals surface area contributed by atoms with Crippen molar-refractivity contribution in [3.8, 4) is 0 Å². The molecule has 0 aliphatic carbocycles. The van der Waals surface area contributed by atoms with Crippen LogP contribution in [0.25, 0.3) is 0 Å². The summed E-state index contributed by atoms with van der Waals surface area (Å²) in [4.78, 5) is 14.7. The third kappa shape index (κ3) is 4.08. The molecule has 0 aromatic heterocycles. The average molecular weight is 377 g/mol. The summed E-state index contributed by atoms with van der Waals surface area (Å²) < 4.78 is 0. The van der Waals surface area contributed by atoms with Gasteiger partial charge in [-0.2, -0.15) is 5.48 Å². The third-order valence-corrected chi connectivity index (χ3v) is 4.70. The zero-order valence-corrected chi connectivity index (χ0v) is 15.3. The minimum atomic E-state index is -0.246. The lowest BCUT2D eigenvalue weighted by Crippen LogP contribution is -2.74. The van der Waals surface area contributed by atoms with Crippen LogP contribution in [0.15, 0.2) is 36.4 Å². The summed E-state index contributed by atoms with van der Waals surface area (Å²) in [5.74, 6) is -0.246. The van der Waals surface area contributed by atoms with Crippen molar-refractivity contribution in [3.05, 3.63) is 47.0 Å². The molecule has 0 unspecified atom stereocenters. The van der Waals surface area contributed by atoms with E-state index in [1.165, 1.54) is 0 Å². The maximum atomic E-state index is 12.6. The lowest BCUT2D eigenvalue weighted by atomic mass is 10.1. The number of rotatable bonds is 5. The predicted molar refractivity (Wildman–Crippen MR) is 104 cm³/mol. The molecule has 1 aliphatic heterocycles. The lowest BCUT2D eigenvalue weighted by Gasteiger charge is -2.30. The molecule has 1 aliphatic rings. The number of hydrogen-bond acceptors (Lipinski definition) is 5. The summed E-state index contributed by atoms with van der Waals surface area (Å²) in [6.45, 7) is 3.43. The molecule has 7 nitrogen and oxygen atoms in total. The number of amides is 1. The number of nitrogens with one attached hydrogen (secondary N) is 3. The Kier molecular flexibility index (Phi) is 5.95. The van der Waals surface area contributed by atoms with Crippen LogP contribution in [0.1, 0.15) is 10.4 Å². The van der Waals surface area contributed by atoms with Crippen LogP contribution in [0.5, 0.6) is 0 Å². The molecule has 0 radical (unpaired) electrons. The maximum Gasteiger partial charge on any atom is 0.255 e. The number of benzene rings is 2. The van der Waals surface area contributed by atoms with E-state index in [2.05, 4.69) is 20.9 Å². The highest BCUT2D eigenvalue weighted by atomic mass is 35.5. The summed E-state index contributed by atoms with van der Waals surface area (Å²) in [7, 11) is 1.82. The van der Waals surface area contributed by atoms with Crippen LogP contribution in [0.4, 0.5) is 22.7 Å². The molecule has 2 aromatic rings. The van der Waals surface area contributed by atoms with Gasteiger partial charge in [-0.25, -0.2) is 5.21 Å². The number of halogens is 1. The first-order chi connectivity index (χ1) is 12.6. The van der Waals surface area contributed by atoms with Crippen molar-refractivity contribution in [1.29, 1.82) is 0 Å². The zero-order valence-electron chi connectivity index (χ0n) is 14.6. The number of anilines is 3. The molecule has 0 atom stereocenters. The van der Waals surface area contributed by atoms with Crippen molar-refractivity contribution in [2.45, 2.75) is 0 Å². The van der Waals surface area contributed by atoms with Crippen LogP contribution in [0, 0.1) is 0 Å². The van der Waals surface area contributed by atoms with Crippen LogP contribution >= 0.6 is 11.6 Å². The zero-order chi connectivity index (χ0) is 18.5. The van der Waals surface area contributed by atoms with Crippen LogP contribution in [0.3, 0.4) is 0 Å². The number of quaternary nitrogens is 1. The number of carbonyl (C=O) groups excluding carboxylic acids is 1. The van der Waals surface area contributed by atoms with Crippen LogP contribution in [-0.2, 0) is 0 Å². The summed E-state index contributed by atoms with van der Waals surface area (Å²) in [6, 6.07) is 10.6. The van der Waals surface area contributed by atoms with Crippen molar-refractivity contribution in [2.75, 3.05) is 48.8 Å². The van der Waals surface area contributed by atoms with Gasteiger partial charge >= 0.3 is 0 Å². The molecule has 3 rings (SSSR count). The Bertz CT molecular complexity index is 776. The summed E-state index contributed by atoms with van der Waals surface area (Å²) >= 11 is 6.39. The Balaban J connectivity index is 1.85. The molecule has 8 heteroatoms. The van der Waals surface area contributed by atoms with Gasteiger partial charge in [-0.05, 0) is 30.3 Å². The molecule has 6 N–H and O–H groups in total. The molecule has 0 bridgehead atoms. The number of carbonyl (C=O) groups is 1. The molecular weight excluding hydrogens is 354 g/mol. The van der Waals surface area contributed by atoms with Gasteiger partial charge in [0.1, 0.15) is 5.69 Å². The quantitative estimate of drug-likeness (QED) is 0.404. The lowest BCUT2D eigenvalue weighted by molar-refractivity contribution is -0.825. The number of nitrogens with two attached hydrogens (primary N) is 1. The molecule has 1 saturated heterocycles. The van der Waals surface area contributed by atoms with E-state index in [9.17, 15) is 10.0 Å². The van der Waals surface area contributed by atoms with Crippen LogP contribution in [-0.4, -0.2) is 44.3 Å². The summed E-state index contributed by atoms with van der Waals surface area (Å²) in [5, 5.41) is 19.3. The van der Waals surface area contributed by atoms with E-state index < -0.39 is 0 Å². The summed E-state index contributed by atoms with van der Waals surface area (Å²) in [5.41, 5.74) is 4.25. The molecule has 0 spiro atoms. The normalized spacial score (nSPS) is 14.2. The van der Waals surface area contributed by atoms with Gasteiger partial charge in [0.15, 0.2) is 5.69 Å². The SMILES string of the molecule is CNc1ccc(C(=O)Nc2cc(N3CCNCC3)c(Cl)cc2[NH2+]O)cc1. The Morgan fingerprint density at radius 1 is 1.23 bits per heavy atom. The Hall–Kier alpha value is -2.32. The van der Waals surface area contributed by atoms with Crippen molar-refractivity contribution < 1.29 is 15.5 Å². The van der Waals surface area contributed by atoms with Gasteiger partial charge in [0.25, 0.3) is 5.91 Å². The van der Waals surface area contributed by atoms with E-state index in [-0.39, 0.29) is 5.91 Å². The molecule has 138 valence electrons. The van der Waals surface area contributed by atoms with Gasteiger partial charge in [-0.1, -0.05) is 11.6 Å². The Morgan fingerprint density at radius 2 is 1.92 bits per heavy atom. The van der Waals surface area contributed by atoms with E-state index in [4.69, 9.17) is 11.6 Å². The van der Waals surface area contributed by atoms with Gasteiger partial charge in [0.05, 0.1) is 10.7 Å². The molecule has 1 heterocycles.